The van der Waals surface area contributed by atoms with Gasteiger partial charge in [-0.3, -0.25) is 4.79 Å². The van der Waals surface area contributed by atoms with E-state index in [9.17, 15) is 9.18 Å². The molecule has 0 saturated carbocycles. The SMILES string of the molecule is COCc1ccc(C(=O)N2CCC[C@@H](COc3ccc(F)cc3)C2)o1. The number of amides is 1. The molecule has 1 amide bonds. The lowest BCUT2D eigenvalue weighted by atomic mass is 9.99. The topological polar surface area (TPSA) is 51.9 Å². The highest BCUT2D eigenvalue weighted by molar-refractivity contribution is 5.91. The van der Waals surface area contributed by atoms with Crippen molar-refractivity contribution in [2.45, 2.75) is 19.4 Å². The Morgan fingerprint density at radius 3 is 2.84 bits per heavy atom. The van der Waals surface area contributed by atoms with Crippen LogP contribution < -0.4 is 4.74 Å². The molecule has 2 aromatic rings. The number of nitrogens with zero attached hydrogens (tertiary/aromatic N) is 1. The van der Waals surface area contributed by atoms with Gasteiger partial charge in [0.2, 0.25) is 0 Å². The van der Waals surface area contributed by atoms with Crippen LogP contribution in [0.2, 0.25) is 0 Å². The molecule has 1 aliphatic heterocycles. The normalized spacial score (nSPS) is 17.5. The molecular weight excluding hydrogens is 325 g/mol. The number of likely N-dealkylation sites (tertiary alicyclic amines) is 1. The van der Waals surface area contributed by atoms with Gasteiger partial charge in [-0.15, -0.1) is 0 Å². The zero-order valence-electron chi connectivity index (χ0n) is 14.2. The summed E-state index contributed by atoms with van der Waals surface area (Å²) in [5.74, 6) is 1.48. The second kappa shape index (κ2) is 8.16. The van der Waals surface area contributed by atoms with Gasteiger partial charge in [0.15, 0.2) is 5.76 Å². The first kappa shape index (κ1) is 17.5. The fraction of sp³-hybridized carbons (Fsp3) is 0.421. The number of halogens is 1. The van der Waals surface area contributed by atoms with E-state index >= 15 is 0 Å². The zero-order chi connectivity index (χ0) is 17.6. The van der Waals surface area contributed by atoms with Crippen LogP contribution in [0.3, 0.4) is 0 Å². The summed E-state index contributed by atoms with van der Waals surface area (Å²) in [5, 5.41) is 0. The minimum Gasteiger partial charge on any atom is -0.493 e. The molecule has 0 N–H and O–H groups in total. The van der Waals surface area contributed by atoms with Crippen LogP contribution in [0.25, 0.3) is 0 Å². The molecule has 1 fully saturated rings. The third kappa shape index (κ3) is 4.60. The molecule has 0 spiro atoms. The van der Waals surface area contributed by atoms with Crippen LogP contribution in [-0.4, -0.2) is 37.6 Å². The van der Waals surface area contributed by atoms with Gasteiger partial charge in [-0.25, -0.2) is 4.39 Å². The van der Waals surface area contributed by atoms with Gasteiger partial charge in [0.05, 0.1) is 6.61 Å². The molecule has 2 heterocycles. The molecule has 0 radical (unpaired) electrons. The van der Waals surface area contributed by atoms with E-state index in [0.29, 0.717) is 43.6 Å². The Hall–Kier alpha value is -2.34. The van der Waals surface area contributed by atoms with Crippen LogP contribution in [0.4, 0.5) is 4.39 Å². The number of furan rings is 1. The van der Waals surface area contributed by atoms with E-state index in [1.807, 2.05) is 0 Å². The molecule has 0 unspecified atom stereocenters. The summed E-state index contributed by atoms with van der Waals surface area (Å²) in [4.78, 5) is 14.4. The van der Waals surface area contributed by atoms with Crippen LogP contribution in [0.5, 0.6) is 5.75 Å². The van der Waals surface area contributed by atoms with Crippen molar-refractivity contribution in [2.75, 3.05) is 26.8 Å². The van der Waals surface area contributed by atoms with Crippen LogP contribution in [0.1, 0.15) is 29.2 Å². The molecule has 134 valence electrons. The highest BCUT2D eigenvalue weighted by atomic mass is 19.1. The van der Waals surface area contributed by atoms with E-state index in [4.69, 9.17) is 13.9 Å². The first-order valence-electron chi connectivity index (χ1n) is 8.41. The quantitative estimate of drug-likeness (QED) is 0.803. The molecule has 5 nitrogen and oxygen atoms in total. The van der Waals surface area contributed by atoms with Crippen molar-refractivity contribution in [3.05, 3.63) is 53.7 Å². The van der Waals surface area contributed by atoms with Crippen molar-refractivity contribution < 1.29 is 23.1 Å². The van der Waals surface area contributed by atoms with E-state index < -0.39 is 0 Å². The average Bonchev–Trinajstić information content (AvgIpc) is 3.10. The number of ether oxygens (including phenoxy) is 2. The summed E-state index contributed by atoms with van der Waals surface area (Å²) >= 11 is 0. The smallest absolute Gasteiger partial charge is 0.289 e. The van der Waals surface area contributed by atoms with E-state index in [1.165, 1.54) is 12.1 Å². The molecule has 1 aromatic heterocycles. The maximum Gasteiger partial charge on any atom is 0.289 e. The molecule has 25 heavy (non-hydrogen) atoms. The van der Waals surface area contributed by atoms with Crippen LogP contribution in [0, 0.1) is 11.7 Å². The molecule has 1 saturated heterocycles. The monoisotopic (exact) mass is 347 g/mol. The van der Waals surface area contributed by atoms with Crippen LogP contribution in [0.15, 0.2) is 40.8 Å². The number of hydrogen-bond donors (Lipinski definition) is 0. The van der Waals surface area contributed by atoms with E-state index in [1.54, 1.807) is 36.3 Å². The van der Waals surface area contributed by atoms with Gasteiger partial charge in [0.25, 0.3) is 5.91 Å². The fourth-order valence-corrected chi connectivity index (χ4v) is 3.00. The number of piperidine rings is 1. The van der Waals surface area contributed by atoms with Gasteiger partial charge in [0.1, 0.15) is 23.9 Å². The Bertz CT molecular complexity index is 698. The summed E-state index contributed by atoms with van der Waals surface area (Å²) < 4.78 is 29.2. The first-order chi connectivity index (χ1) is 12.2. The number of methoxy groups -OCH3 is 1. The second-order valence-electron chi connectivity index (χ2n) is 6.22. The summed E-state index contributed by atoms with van der Waals surface area (Å²) in [6, 6.07) is 9.43. The van der Waals surface area contributed by atoms with E-state index in [2.05, 4.69) is 0 Å². The third-order valence-electron chi connectivity index (χ3n) is 4.26. The lowest BCUT2D eigenvalue weighted by Gasteiger charge is -2.32. The Labute approximate surface area is 146 Å². The lowest BCUT2D eigenvalue weighted by molar-refractivity contribution is 0.0596. The maximum absolute atomic E-state index is 12.9. The number of rotatable bonds is 6. The first-order valence-corrected chi connectivity index (χ1v) is 8.41. The molecule has 3 rings (SSSR count). The van der Waals surface area contributed by atoms with Gasteiger partial charge in [-0.2, -0.15) is 0 Å². The third-order valence-corrected chi connectivity index (χ3v) is 4.26. The van der Waals surface area contributed by atoms with Gasteiger partial charge >= 0.3 is 0 Å². The van der Waals surface area contributed by atoms with Crippen molar-refractivity contribution in [3.63, 3.8) is 0 Å². The molecule has 1 atom stereocenters. The number of hydrogen-bond acceptors (Lipinski definition) is 4. The van der Waals surface area contributed by atoms with Crippen molar-refractivity contribution in [3.8, 4) is 5.75 Å². The average molecular weight is 347 g/mol. The second-order valence-corrected chi connectivity index (χ2v) is 6.22. The van der Waals surface area contributed by atoms with Gasteiger partial charge in [-0.05, 0) is 49.2 Å². The summed E-state index contributed by atoms with van der Waals surface area (Å²) in [6.07, 6.45) is 1.92. The highest BCUT2D eigenvalue weighted by Gasteiger charge is 2.26. The molecular formula is C19H22FNO4. The summed E-state index contributed by atoms with van der Waals surface area (Å²) in [6.45, 7) is 2.19. The predicted molar refractivity (Wildman–Crippen MR) is 89.9 cm³/mol. The number of carbonyl (C=O) groups excluding carboxylic acids is 1. The molecule has 0 bridgehead atoms. The predicted octanol–water partition coefficient (Wildman–Crippen LogP) is 3.50. The minimum absolute atomic E-state index is 0.103. The van der Waals surface area contributed by atoms with Crippen molar-refractivity contribution in [2.24, 2.45) is 5.92 Å². The van der Waals surface area contributed by atoms with Gasteiger partial charge in [0, 0.05) is 26.1 Å². The standard InChI is InChI=1S/C19H22FNO4/c1-23-13-17-8-9-18(25-17)19(22)21-10-2-3-14(11-21)12-24-16-6-4-15(20)5-7-16/h4-9,14H,2-3,10-13H2,1H3/t14-/m1/s1. The van der Waals surface area contributed by atoms with Crippen molar-refractivity contribution in [1.29, 1.82) is 0 Å². The Kier molecular flexibility index (Phi) is 5.71. The number of carbonyl (C=O) groups is 1. The Balaban J connectivity index is 1.54. The number of benzene rings is 1. The van der Waals surface area contributed by atoms with Gasteiger partial charge in [-0.1, -0.05) is 0 Å². The Morgan fingerprint density at radius 2 is 2.08 bits per heavy atom. The van der Waals surface area contributed by atoms with E-state index in [-0.39, 0.29) is 17.6 Å². The zero-order valence-corrected chi connectivity index (χ0v) is 14.2. The fourth-order valence-electron chi connectivity index (χ4n) is 3.00. The molecule has 1 aromatic carbocycles. The lowest BCUT2D eigenvalue weighted by Crippen LogP contribution is -2.41. The summed E-state index contributed by atoms with van der Waals surface area (Å²) in [5.41, 5.74) is 0. The summed E-state index contributed by atoms with van der Waals surface area (Å²) in [7, 11) is 1.58. The van der Waals surface area contributed by atoms with E-state index in [0.717, 1.165) is 12.8 Å². The van der Waals surface area contributed by atoms with Crippen LogP contribution in [-0.2, 0) is 11.3 Å². The maximum atomic E-state index is 12.9. The molecule has 1 aliphatic rings. The molecule has 6 heteroatoms. The minimum atomic E-state index is -0.284. The molecule has 0 aliphatic carbocycles. The van der Waals surface area contributed by atoms with Crippen LogP contribution >= 0.6 is 0 Å². The van der Waals surface area contributed by atoms with Crippen molar-refractivity contribution in [1.82, 2.24) is 4.90 Å². The Morgan fingerprint density at radius 1 is 1.28 bits per heavy atom. The largest absolute Gasteiger partial charge is 0.493 e. The highest BCUT2D eigenvalue weighted by Crippen LogP contribution is 2.21. The van der Waals surface area contributed by atoms with Crippen molar-refractivity contribution >= 4 is 5.91 Å². The van der Waals surface area contributed by atoms with Gasteiger partial charge < -0.3 is 18.8 Å².